The lowest BCUT2D eigenvalue weighted by Gasteiger charge is -2.16. The van der Waals surface area contributed by atoms with Gasteiger partial charge in [0.1, 0.15) is 0 Å². The predicted octanol–water partition coefficient (Wildman–Crippen LogP) is 2.90. The fourth-order valence-electron chi connectivity index (χ4n) is 2.73. The molecule has 0 amide bonds. The van der Waals surface area contributed by atoms with Crippen molar-refractivity contribution in [2.24, 2.45) is 5.41 Å². The van der Waals surface area contributed by atoms with E-state index in [0.29, 0.717) is 12.0 Å². The Kier molecular flexibility index (Phi) is 4.05. The molecular weight excluding hydrogens is 226 g/mol. The van der Waals surface area contributed by atoms with Gasteiger partial charge in [0.15, 0.2) is 5.82 Å². The Bertz CT molecular complexity index is 381. The van der Waals surface area contributed by atoms with Gasteiger partial charge in [-0.2, -0.15) is 4.98 Å². The lowest BCUT2D eigenvalue weighted by molar-refractivity contribution is 0.323. The van der Waals surface area contributed by atoms with E-state index in [4.69, 9.17) is 4.52 Å². The molecule has 18 heavy (non-hydrogen) atoms. The van der Waals surface area contributed by atoms with E-state index < -0.39 is 0 Å². The Morgan fingerprint density at radius 2 is 2.11 bits per heavy atom. The fourth-order valence-corrected chi connectivity index (χ4v) is 2.73. The van der Waals surface area contributed by atoms with Crippen LogP contribution in [0.25, 0.3) is 0 Å². The highest BCUT2D eigenvalue weighted by molar-refractivity contribution is 5.03. The number of hydrogen-bond acceptors (Lipinski definition) is 4. The van der Waals surface area contributed by atoms with E-state index >= 15 is 0 Å². The molecule has 0 aromatic carbocycles. The highest BCUT2D eigenvalue weighted by Gasteiger charge is 2.32. The molecule has 102 valence electrons. The van der Waals surface area contributed by atoms with Crippen LogP contribution in [0, 0.1) is 5.41 Å². The molecule has 1 saturated carbocycles. The number of likely N-dealkylation sites (N-methyl/N-ethyl adjacent to an activating group) is 1. The van der Waals surface area contributed by atoms with Gasteiger partial charge >= 0.3 is 0 Å². The molecule has 1 fully saturated rings. The first kappa shape index (κ1) is 13.5. The number of aromatic nitrogens is 2. The van der Waals surface area contributed by atoms with Crippen molar-refractivity contribution in [2.75, 3.05) is 6.54 Å². The molecule has 1 heterocycles. The summed E-state index contributed by atoms with van der Waals surface area (Å²) in [4.78, 5) is 4.59. The first-order valence-electron chi connectivity index (χ1n) is 7.05. The molecule has 4 nitrogen and oxygen atoms in total. The third-order valence-electron chi connectivity index (χ3n) is 3.47. The molecule has 2 atom stereocenters. The van der Waals surface area contributed by atoms with Crippen molar-refractivity contribution >= 4 is 0 Å². The van der Waals surface area contributed by atoms with Gasteiger partial charge in [-0.15, -0.1) is 0 Å². The van der Waals surface area contributed by atoms with Crippen LogP contribution in [0.15, 0.2) is 4.52 Å². The van der Waals surface area contributed by atoms with Crippen molar-refractivity contribution in [3.63, 3.8) is 0 Å². The predicted molar refractivity (Wildman–Crippen MR) is 71.5 cm³/mol. The second kappa shape index (κ2) is 5.39. The number of nitrogens with zero attached hydrogens (tertiary/aromatic N) is 2. The van der Waals surface area contributed by atoms with Crippen molar-refractivity contribution < 1.29 is 4.52 Å². The van der Waals surface area contributed by atoms with Crippen LogP contribution >= 0.6 is 0 Å². The van der Waals surface area contributed by atoms with Gasteiger partial charge in [0.2, 0.25) is 5.89 Å². The Morgan fingerprint density at radius 3 is 2.78 bits per heavy atom. The second-order valence-electron chi connectivity index (χ2n) is 6.49. The van der Waals surface area contributed by atoms with Crippen LogP contribution in [0.1, 0.15) is 64.6 Å². The molecule has 0 aliphatic heterocycles. The zero-order chi connectivity index (χ0) is 13.2. The smallest absolute Gasteiger partial charge is 0.231 e. The Morgan fingerprint density at radius 1 is 1.33 bits per heavy atom. The van der Waals surface area contributed by atoms with E-state index in [9.17, 15) is 0 Å². The quantitative estimate of drug-likeness (QED) is 0.894. The fraction of sp³-hybridized carbons (Fsp3) is 0.857. The highest BCUT2D eigenvalue weighted by atomic mass is 16.5. The molecule has 0 radical (unpaired) electrons. The summed E-state index contributed by atoms with van der Waals surface area (Å²) in [5.41, 5.74) is 0.206. The zero-order valence-electron chi connectivity index (χ0n) is 12.0. The average Bonchev–Trinajstić information content (AvgIpc) is 2.84. The normalized spacial score (nSPS) is 24.7. The van der Waals surface area contributed by atoms with Crippen LogP contribution in [0.4, 0.5) is 0 Å². The molecule has 2 unspecified atom stereocenters. The standard InChI is InChI=1S/C14H25N3O/c1-5-15-11-8-6-7-10(11)13-16-12(17-18-13)9-14(2,3)4/h10-11,15H,5-9H2,1-4H3. The van der Waals surface area contributed by atoms with Crippen LogP contribution in [0.3, 0.4) is 0 Å². The van der Waals surface area contributed by atoms with Gasteiger partial charge in [-0.25, -0.2) is 0 Å². The molecule has 2 rings (SSSR count). The minimum Gasteiger partial charge on any atom is -0.339 e. The van der Waals surface area contributed by atoms with Gasteiger partial charge in [-0.3, -0.25) is 0 Å². The van der Waals surface area contributed by atoms with Crippen molar-refractivity contribution in [1.29, 1.82) is 0 Å². The van der Waals surface area contributed by atoms with Crippen molar-refractivity contribution in [3.05, 3.63) is 11.7 Å². The Labute approximate surface area is 110 Å². The number of nitrogens with one attached hydrogen (secondary N) is 1. The first-order chi connectivity index (χ1) is 8.49. The average molecular weight is 251 g/mol. The zero-order valence-corrected chi connectivity index (χ0v) is 12.0. The molecular formula is C14H25N3O. The molecule has 1 N–H and O–H groups in total. The number of hydrogen-bond donors (Lipinski definition) is 1. The van der Waals surface area contributed by atoms with Crippen molar-refractivity contribution in [2.45, 2.75) is 65.3 Å². The summed E-state index contributed by atoms with van der Waals surface area (Å²) in [6.07, 6.45) is 4.50. The molecule has 0 spiro atoms. The van der Waals surface area contributed by atoms with Crippen molar-refractivity contribution in [1.82, 2.24) is 15.5 Å². The van der Waals surface area contributed by atoms with Crippen LogP contribution < -0.4 is 5.32 Å². The molecule has 1 aromatic heterocycles. The monoisotopic (exact) mass is 251 g/mol. The molecule has 0 saturated heterocycles. The third kappa shape index (κ3) is 3.31. The van der Waals surface area contributed by atoms with Gasteiger partial charge in [-0.05, 0) is 24.8 Å². The van der Waals surface area contributed by atoms with E-state index in [1.54, 1.807) is 0 Å². The highest BCUT2D eigenvalue weighted by Crippen LogP contribution is 2.34. The molecule has 1 aromatic rings. The lowest BCUT2D eigenvalue weighted by atomic mass is 9.92. The van der Waals surface area contributed by atoms with E-state index in [-0.39, 0.29) is 5.41 Å². The molecule has 0 bridgehead atoms. The topological polar surface area (TPSA) is 51.0 Å². The minimum absolute atomic E-state index is 0.206. The summed E-state index contributed by atoms with van der Waals surface area (Å²) in [7, 11) is 0. The maximum Gasteiger partial charge on any atom is 0.231 e. The maximum atomic E-state index is 5.47. The van der Waals surface area contributed by atoms with Gasteiger partial charge in [0, 0.05) is 12.5 Å². The summed E-state index contributed by atoms with van der Waals surface area (Å²) in [5.74, 6) is 2.09. The van der Waals surface area contributed by atoms with E-state index in [0.717, 1.165) is 31.1 Å². The summed E-state index contributed by atoms with van der Waals surface area (Å²) < 4.78 is 5.47. The van der Waals surface area contributed by atoms with Gasteiger partial charge < -0.3 is 9.84 Å². The van der Waals surface area contributed by atoms with Crippen LogP contribution in [0.5, 0.6) is 0 Å². The van der Waals surface area contributed by atoms with E-state index in [1.165, 1.54) is 12.8 Å². The first-order valence-corrected chi connectivity index (χ1v) is 7.05. The molecule has 1 aliphatic carbocycles. The van der Waals surface area contributed by atoms with Gasteiger partial charge in [0.25, 0.3) is 0 Å². The largest absolute Gasteiger partial charge is 0.339 e. The summed E-state index contributed by atoms with van der Waals surface area (Å²) in [6.45, 7) is 9.73. The van der Waals surface area contributed by atoms with E-state index in [2.05, 4.69) is 43.2 Å². The van der Waals surface area contributed by atoms with Gasteiger partial charge in [0.05, 0.1) is 5.92 Å². The Balaban J connectivity index is 2.05. The SMILES string of the molecule is CCNC1CCCC1c1nc(CC(C)(C)C)no1. The Hall–Kier alpha value is -0.900. The summed E-state index contributed by atoms with van der Waals surface area (Å²) in [6, 6.07) is 0.512. The van der Waals surface area contributed by atoms with Crippen LogP contribution in [-0.2, 0) is 6.42 Å². The third-order valence-corrected chi connectivity index (χ3v) is 3.47. The number of rotatable bonds is 4. The maximum absolute atomic E-state index is 5.47. The van der Waals surface area contributed by atoms with Crippen molar-refractivity contribution in [3.8, 4) is 0 Å². The van der Waals surface area contributed by atoms with Crippen LogP contribution in [0.2, 0.25) is 0 Å². The lowest BCUT2D eigenvalue weighted by Crippen LogP contribution is -2.31. The van der Waals surface area contributed by atoms with E-state index in [1.807, 2.05) is 0 Å². The second-order valence-corrected chi connectivity index (χ2v) is 6.49. The molecule has 4 heteroatoms. The summed E-state index contributed by atoms with van der Waals surface area (Å²) in [5, 5.41) is 7.65. The minimum atomic E-state index is 0.206. The molecule has 1 aliphatic rings. The van der Waals surface area contributed by atoms with Crippen LogP contribution in [-0.4, -0.2) is 22.7 Å². The summed E-state index contributed by atoms with van der Waals surface area (Å²) >= 11 is 0. The van der Waals surface area contributed by atoms with Gasteiger partial charge in [-0.1, -0.05) is 39.3 Å².